The Kier molecular flexibility index (Phi) is 4.51. The molecule has 7 heteroatoms. The van der Waals surface area contributed by atoms with Gasteiger partial charge in [-0.1, -0.05) is 0 Å². The summed E-state index contributed by atoms with van der Waals surface area (Å²) in [4.78, 5) is 11.7. The molecule has 1 aromatic rings. The minimum Gasteiger partial charge on any atom is -0.481 e. The summed E-state index contributed by atoms with van der Waals surface area (Å²) in [5.74, 6) is -0.878. The number of hydrogen-bond acceptors (Lipinski definition) is 4. The zero-order valence-corrected chi connectivity index (χ0v) is 13.3. The van der Waals surface area contributed by atoms with Gasteiger partial charge in [0.15, 0.2) is 0 Å². The topological polar surface area (TPSA) is 74.7 Å². The molecule has 1 atom stereocenters. The molecule has 5 nitrogen and oxygen atoms in total. The molecule has 0 bridgehead atoms. The van der Waals surface area contributed by atoms with Crippen molar-refractivity contribution in [3.63, 3.8) is 0 Å². The molecular formula is C13H19NO4S2. The van der Waals surface area contributed by atoms with Gasteiger partial charge in [0.25, 0.3) is 10.0 Å². The Morgan fingerprint density at radius 2 is 2.20 bits per heavy atom. The second kappa shape index (κ2) is 5.83. The Hall–Kier alpha value is -0.920. The third kappa shape index (κ3) is 3.05. The zero-order valence-electron chi connectivity index (χ0n) is 11.6. The standard InChI is InChI=1S/C13H19NO4S2/c1-9-8-13(19-10(9)2)20(17,18)14-7-3-4-11(14)5-6-12(15)16/h8,11H,3-7H2,1-2H3,(H,15,16). The van der Waals surface area contributed by atoms with Gasteiger partial charge in [-0.15, -0.1) is 11.3 Å². The molecule has 0 aromatic carbocycles. The van der Waals surface area contributed by atoms with E-state index in [-0.39, 0.29) is 12.5 Å². The smallest absolute Gasteiger partial charge is 0.303 e. The van der Waals surface area contributed by atoms with E-state index in [0.717, 1.165) is 23.3 Å². The molecule has 1 N–H and O–H groups in total. The van der Waals surface area contributed by atoms with Gasteiger partial charge in [0.1, 0.15) is 4.21 Å². The van der Waals surface area contributed by atoms with E-state index in [1.54, 1.807) is 6.07 Å². The minimum absolute atomic E-state index is 0.0131. The Morgan fingerprint density at radius 3 is 2.75 bits per heavy atom. The van der Waals surface area contributed by atoms with Crippen molar-refractivity contribution < 1.29 is 18.3 Å². The van der Waals surface area contributed by atoms with Gasteiger partial charge in [0.2, 0.25) is 0 Å². The maximum Gasteiger partial charge on any atom is 0.303 e. The number of rotatable bonds is 5. The molecular weight excluding hydrogens is 298 g/mol. The van der Waals surface area contributed by atoms with E-state index in [1.807, 2.05) is 13.8 Å². The summed E-state index contributed by atoms with van der Waals surface area (Å²) in [6.07, 6.45) is 1.94. The number of thiophene rings is 1. The lowest BCUT2D eigenvalue weighted by Crippen LogP contribution is -2.35. The molecule has 1 saturated heterocycles. The quantitative estimate of drug-likeness (QED) is 0.905. The maximum absolute atomic E-state index is 12.6. The van der Waals surface area contributed by atoms with Crippen LogP contribution in [0.5, 0.6) is 0 Å². The maximum atomic E-state index is 12.6. The number of carbonyl (C=O) groups is 1. The van der Waals surface area contributed by atoms with Crippen LogP contribution in [0.25, 0.3) is 0 Å². The van der Waals surface area contributed by atoms with Crippen molar-refractivity contribution in [1.29, 1.82) is 0 Å². The molecule has 1 aromatic heterocycles. The van der Waals surface area contributed by atoms with Gasteiger partial charge in [0.05, 0.1) is 0 Å². The summed E-state index contributed by atoms with van der Waals surface area (Å²) in [5.41, 5.74) is 0.981. The fourth-order valence-electron chi connectivity index (χ4n) is 2.49. The number of nitrogens with zero attached hydrogens (tertiary/aromatic N) is 1. The van der Waals surface area contributed by atoms with E-state index in [9.17, 15) is 13.2 Å². The van der Waals surface area contributed by atoms with Gasteiger partial charge in [-0.3, -0.25) is 4.79 Å². The molecule has 0 spiro atoms. The van der Waals surface area contributed by atoms with E-state index < -0.39 is 16.0 Å². The first-order valence-electron chi connectivity index (χ1n) is 6.63. The normalized spacial score (nSPS) is 20.4. The molecule has 0 radical (unpaired) electrons. The van der Waals surface area contributed by atoms with Gasteiger partial charge in [0, 0.05) is 23.9 Å². The zero-order chi connectivity index (χ0) is 14.9. The first-order chi connectivity index (χ1) is 9.32. The second-order valence-electron chi connectivity index (χ2n) is 5.15. The van der Waals surface area contributed by atoms with Crippen LogP contribution in [0.2, 0.25) is 0 Å². The van der Waals surface area contributed by atoms with Crippen LogP contribution >= 0.6 is 11.3 Å². The molecule has 20 heavy (non-hydrogen) atoms. The first kappa shape index (κ1) is 15.5. The van der Waals surface area contributed by atoms with Crippen LogP contribution in [0.15, 0.2) is 10.3 Å². The predicted molar refractivity (Wildman–Crippen MR) is 77.6 cm³/mol. The second-order valence-corrected chi connectivity index (χ2v) is 8.52. The summed E-state index contributed by atoms with van der Waals surface area (Å²) in [6, 6.07) is 1.53. The number of hydrogen-bond donors (Lipinski definition) is 1. The van der Waals surface area contributed by atoms with E-state index in [0.29, 0.717) is 17.2 Å². The summed E-state index contributed by atoms with van der Waals surface area (Å²) in [5, 5.41) is 8.75. The Bertz CT molecular complexity index is 586. The van der Waals surface area contributed by atoms with Crippen LogP contribution < -0.4 is 0 Å². The Morgan fingerprint density at radius 1 is 1.50 bits per heavy atom. The minimum atomic E-state index is -3.48. The lowest BCUT2D eigenvalue weighted by Gasteiger charge is -2.22. The van der Waals surface area contributed by atoms with Crippen molar-refractivity contribution in [3.05, 3.63) is 16.5 Å². The molecule has 112 valence electrons. The van der Waals surface area contributed by atoms with Crippen molar-refractivity contribution in [2.45, 2.75) is 49.8 Å². The molecule has 1 fully saturated rings. The van der Waals surface area contributed by atoms with Crippen molar-refractivity contribution in [2.24, 2.45) is 0 Å². The Balaban J connectivity index is 2.21. The number of carboxylic acids is 1. The third-order valence-corrected chi connectivity index (χ3v) is 7.27. The van der Waals surface area contributed by atoms with Gasteiger partial charge in [-0.05, 0) is 44.7 Å². The van der Waals surface area contributed by atoms with Gasteiger partial charge < -0.3 is 5.11 Å². The van der Waals surface area contributed by atoms with Crippen LogP contribution in [-0.4, -0.2) is 36.4 Å². The number of carboxylic acid groups (broad SMARTS) is 1. The Labute approximate surface area is 123 Å². The molecule has 2 rings (SSSR count). The van der Waals surface area contributed by atoms with Gasteiger partial charge >= 0.3 is 5.97 Å². The van der Waals surface area contributed by atoms with Crippen LogP contribution in [0.4, 0.5) is 0 Å². The van der Waals surface area contributed by atoms with E-state index in [4.69, 9.17) is 5.11 Å². The average molecular weight is 317 g/mol. The number of sulfonamides is 1. The van der Waals surface area contributed by atoms with Crippen molar-refractivity contribution in [1.82, 2.24) is 4.31 Å². The molecule has 0 aliphatic carbocycles. The predicted octanol–water partition coefficient (Wildman–Crippen LogP) is 2.38. The van der Waals surface area contributed by atoms with E-state index >= 15 is 0 Å². The molecule has 1 aliphatic rings. The van der Waals surface area contributed by atoms with Crippen molar-refractivity contribution in [3.8, 4) is 0 Å². The fraction of sp³-hybridized carbons (Fsp3) is 0.615. The summed E-state index contributed by atoms with van der Waals surface area (Å²) >= 11 is 1.29. The molecule has 2 heterocycles. The molecule has 1 aliphatic heterocycles. The first-order valence-corrected chi connectivity index (χ1v) is 8.88. The van der Waals surface area contributed by atoms with E-state index in [1.165, 1.54) is 15.6 Å². The summed E-state index contributed by atoms with van der Waals surface area (Å²) < 4.78 is 27.1. The van der Waals surface area contributed by atoms with Crippen LogP contribution in [0.3, 0.4) is 0 Å². The number of aryl methyl sites for hydroxylation is 2. The van der Waals surface area contributed by atoms with Crippen molar-refractivity contribution >= 4 is 27.3 Å². The highest BCUT2D eigenvalue weighted by Crippen LogP contribution is 2.33. The van der Waals surface area contributed by atoms with Crippen LogP contribution in [-0.2, 0) is 14.8 Å². The monoisotopic (exact) mass is 317 g/mol. The van der Waals surface area contributed by atoms with Crippen LogP contribution in [0, 0.1) is 13.8 Å². The third-order valence-electron chi connectivity index (χ3n) is 3.72. The lowest BCUT2D eigenvalue weighted by molar-refractivity contribution is -0.137. The average Bonchev–Trinajstić information content (AvgIpc) is 2.95. The van der Waals surface area contributed by atoms with Gasteiger partial charge in [-0.25, -0.2) is 8.42 Å². The highest BCUT2D eigenvalue weighted by atomic mass is 32.2. The SMILES string of the molecule is Cc1cc(S(=O)(=O)N2CCCC2CCC(=O)O)sc1C. The highest BCUT2D eigenvalue weighted by Gasteiger charge is 2.36. The summed E-state index contributed by atoms with van der Waals surface area (Å²) in [7, 11) is -3.48. The molecule has 0 saturated carbocycles. The lowest BCUT2D eigenvalue weighted by atomic mass is 10.1. The number of aliphatic carboxylic acids is 1. The molecule has 1 unspecified atom stereocenters. The fourth-order valence-corrected chi connectivity index (χ4v) is 5.86. The largest absolute Gasteiger partial charge is 0.481 e. The summed E-state index contributed by atoms with van der Waals surface area (Å²) in [6.45, 7) is 4.30. The van der Waals surface area contributed by atoms with Crippen LogP contribution in [0.1, 0.15) is 36.1 Å². The van der Waals surface area contributed by atoms with Gasteiger partial charge in [-0.2, -0.15) is 4.31 Å². The highest BCUT2D eigenvalue weighted by molar-refractivity contribution is 7.91. The van der Waals surface area contributed by atoms with E-state index in [2.05, 4.69) is 0 Å². The molecule has 0 amide bonds. The van der Waals surface area contributed by atoms with Crippen molar-refractivity contribution in [2.75, 3.05) is 6.54 Å².